The molecule has 1 heterocycles. The standard InChI is InChI=1S/C27H26FNO6/c1-14-21(26(31)34-3)22(17-7-5-6-8-19(17)28)24-20(29-14)13-18(23(25(24)30)27(32)35-4)15-9-11-16(33-2)12-10-15/h5-12,18,22-23,29H,13H2,1-4H3/t18-,22+,23-/m1/s1. The molecule has 0 bridgehead atoms. The minimum Gasteiger partial charge on any atom is -0.497 e. The van der Waals surface area contributed by atoms with Crippen LogP contribution in [0.3, 0.4) is 0 Å². The van der Waals surface area contributed by atoms with Gasteiger partial charge in [-0.3, -0.25) is 9.59 Å². The summed E-state index contributed by atoms with van der Waals surface area (Å²) in [5.41, 5.74) is 2.19. The molecule has 2 aromatic rings. The van der Waals surface area contributed by atoms with Gasteiger partial charge < -0.3 is 19.5 Å². The molecule has 2 aromatic carbocycles. The number of hydrogen-bond acceptors (Lipinski definition) is 7. The van der Waals surface area contributed by atoms with Gasteiger partial charge in [0.05, 0.1) is 32.8 Å². The number of rotatable bonds is 5. The van der Waals surface area contributed by atoms with Gasteiger partial charge in [-0.15, -0.1) is 0 Å². The normalized spacial score (nSPS) is 21.7. The van der Waals surface area contributed by atoms with Crippen LogP contribution >= 0.6 is 0 Å². The predicted molar refractivity (Wildman–Crippen MR) is 125 cm³/mol. The lowest BCUT2D eigenvalue weighted by Gasteiger charge is -2.39. The molecule has 182 valence electrons. The molecule has 0 radical (unpaired) electrons. The first-order chi connectivity index (χ1) is 16.8. The zero-order chi connectivity index (χ0) is 25.3. The van der Waals surface area contributed by atoms with E-state index < -0.39 is 41.3 Å². The SMILES string of the molecule is COC(=O)C1=C(C)NC2=C(C(=O)[C@H](C(=O)OC)[C@@H](c3ccc(OC)cc3)C2)[C@H]1c1ccccc1F. The Hall–Kier alpha value is -3.94. The number of nitrogens with one attached hydrogen (secondary N) is 1. The fraction of sp³-hybridized carbons (Fsp3) is 0.296. The molecule has 4 rings (SSSR count). The molecule has 8 heteroatoms. The average molecular weight is 480 g/mol. The Morgan fingerprint density at radius 2 is 1.69 bits per heavy atom. The second-order valence-electron chi connectivity index (χ2n) is 8.45. The second kappa shape index (κ2) is 9.74. The molecular weight excluding hydrogens is 453 g/mol. The Kier molecular flexibility index (Phi) is 6.73. The molecular formula is C27H26FNO6. The van der Waals surface area contributed by atoms with E-state index in [9.17, 15) is 14.4 Å². The van der Waals surface area contributed by atoms with Crippen molar-refractivity contribution in [3.63, 3.8) is 0 Å². The van der Waals surface area contributed by atoms with Crippen molar-refractivity contribution in [1.29, 1.82) is 0 Å². The first-order valence-electron chi connectivity index (χ1n) is 11.1. The maximum atomic E-state index is 15.0. The molecule has 2 aliphatic rings. The van der Waals surface area contributed by atoms with Crippen LogP contribution in [0.15, 0.2) is 71.1 Å². The Morgan fingerprint density at radius 3 is 2.29 bits per heavy atom. The van der Waals surface area contributed by atoms with E-state index in [1.807, 2.05) is 0 Å². The maximum absolute atomic E-state index is 15.0. The van der Waals surface area contributed by atoms with Crippen LogP contribution in [-0.4, -0.2) is 39.1 Å². The fourth-order valence-electron chi connectivity index (χ4n) is 5.00. The summed E-state index contributed by atoms with van der Waals surface area (Å²) in [6.07, 6.45) is 0.282. The smallest absolute Gasteiger partial charge is 0.336 e. The van der Waals surface area contributed by atoms with Crippen molar-refractivity contribution in [2.75, 3.05) is 21.3 Å². The highest BCUT2D eigenvalue weighted by Gasteiger charge is 2.49. The van der Waals surface area contributed by atoms with Crippen molar-refractivity contribution < 1.29 is 33.0 Å². The summed E-state index contributed by atoms with van der Waals surface area (Å²) in [7, 11) is 4.00. The van der Waals surface area contributed by atoms with E-state index in [0.717, 1.165) is 5.56 Å². The number of carbonyl (C=O) groups is 3. The average Bonchev–Trinajstić information content (AvgIpc) is 2.87. The zero-order valence-corrected chi connectivity index (χ0v) is 19.9. The third-order valence-electron chi connectivity index (χ3n) is 6.64. The molecule has 0 unspecified atom stereocenters. The van der Waals surface area contributed by atoms with Gasteiger partial charge in [-0.1, -0.05) is 30.3 Å². The molecule has 0 saturated carbocycles. The molecule has 1 N–H and O–H groups in total. The number of dihydropyridines is 1. The van der Waals surface area contributed by atoms with Gasteiger partial charge in [-0.25, -0.2) is 9.18 Å². The molecule has 3 atom stereocenters. The van der Waals surface area contributed by atoms with E-state index in [-0.39, 0.29) is 23.1 Å². The summed E-state index contributed by atoms with van der Waals surface area (Å²) >= 11 is 0. The van der Waals surface area contributed by atoms with Crippen LogP contribution in [0.4, 0.5) is 4.39 Å². The first-order valence-corrected chi connectivity index (χ1v) is 11.1. The third-order valence-corrected chi connectivity index (χ3v) is 6.64. The fourth-order valence-corrected chi connectivity index (χ4v) is 5.00. The summed E-state index contributed by atoms with van der Waals surface area (Å²) in [6.45, 7) is 1.68. The van der Waals surface area contributed by atoms with Gasteiger partial charge in [0.15, 0.2) is 5.78 Å². The number of ketones is 1. The number of methoxy groups -OCH3 is 3. The predicted octanol–water partition coefficient (Wildman–Crippen LogP) is 3.77. The van der Waals surface area contributed by atoms with Gasteiger partial charge in [-0.05, 0) is 37.1 Å². The summed E-state index contributed by atoms with van der Waals surface area (Å²) in [4.78, 5) is 39.7. The number of allylic oxidation sites excluding steroid dienone is 3. The minimum absolute atomic E-state index is 0.121. The quantitative estimate of drug-likeness (QED) is 0.516. The van der Waals surface area contributed by atoms with Gasteiger partial charge in [0.25, 0.3) is 0 Å². The minimum atomic E-state index is -1.17. The van der Waals surface area contributed by atoms with E-state index >= 15 is 4.39 Å². The lowest BCUT2D eigenvalue weighted by Crippen LogP contribution is -2.43. The molecule has 0 amide bonds. The third kappa shape index (κ3) is 4.20. The van der Waals surface area contributed by atoms with Crippen molar-refractivity contribution in [3.8, 4) is 5.75 Å². The molecule has 1 aliphatic carbocycles. The number of ether oxygens (including phenoxy) is 3. The molecule has 7 nitrogen and oxygen atoms in total. The number of benzene rings is 2. The van der Waals surface area contributed by atoms with Crippen LogP contribution < -0.4 is 10.1 Å². The van der Waals surface area contributed by atoms with Crippen LogP contribution in [0.25, 0.3) is 0 Å². The zero-order valence-electron chi connectivity index (χ0n) is 19.9. The number of halogens is 1. The van der Waals surface area contributed by atoms with Gasteiger partial charge in [0.1, 0.15) is 17.5 Å². The number of hydrogen-bond donors (Lipinski definition) is 1. The Bertz CT molecular complexity index is 1250. The van der Waals surface area contributed by atoms with E-state index in [2.05, 4.69) is 5.32 Å². The Balaban J connectivity index is 1.90. The molecule has 0 saturated heterocycles. The number of esters is 2. The van der Waals surface area contributed by atoms with Crippen molar-refractivity contribution in [2.45, 2.75) is 25.2 Å². The summed E-state index contributed by atoms with van der Waals surface area (Å²) in [5.74, 6) is -4.55. The topological polar surface area (TPSA) is 90.9 Å². The highest BCUT2D eigenvalue weighted by atomic mass is 19.1. The van der Waals surface area contributed by atoms with Gasteiger partial charge >= 0.3 is 11.9 Å². The van der Waals surface area contributed by atoms with E-state index in [1.54, 1.807) is 44.4 Å². The van der Waals surface area contributed by atoms with E-state index in [0.29, 0.717) is 17.1 Å². The van der Waals surface area contributed by atoms with Crippen LogP contribution in [-0.2, 0) is 23.9 Å². The van der Waals surface area contributed by atoms with E-state index in [1.165, 1.54) is 32.4 Å². The molecule has 1 aliphatic heterocycles. The first kappa shape index (κ1) is 24.2. The summed E-state index contributed by atoms with van der Waals surface area (Å²) < 4.78 is 30.2. The van der Waals surface area contributed by atoms with Crippen LogP contribution in [0, 0.1) is 11.7 Å². The van der Waals surface area contributed by atoms with Crippen molar-refractivity contribution in [2.24, 2.45) is 5.92 Å². The maximum Gasteiger partial charge on any atom is 0.336 e. The van der Waals surface area contributed by atoms with E-state index in [4.69, 9.17) is 14.2 Å². The van der Waals surface area contributed by atoms with Gasteiger partial charge in [0, 0.05) is 28.4 Å². The van der Waals surface area contributed by atoms with Crippen LogP contribution in [0.1, 0.15) is 36.3 Å². The summed E-state index contributed by atoms with van der Waals surface area (Å²) in [6, 6.07) is 13.1. The lowest BCUT2D eigenvalue weighted by molar-refractivity contribution is -0.150. The monoisotopic (exact) mass is 479 g/mol. The van der Waals surface area contributed by atoms with Gasteiger partial charge in [-0.2, -0.15) is 0 Å². The second-order valence-corrected chi connectivity index (χ2v) is 8.45. The largest absolute Gasteiger partial charge is 0.497 e. The molecule has 0 spiro atoms. The van der Waals surface area contributed by atoms with Crippen LogP contribution in [0.5, 0.6) is 5.75 Å². The Morgan fingerprint density at radius 1 is 1.00 bits per heavy atom. The highest BCUT2D eigenvalue weighted by molar-refractivity contribution is 6.13. The molecule has 35 heavy (non-hydrogen) atoms. The van der Waals surface area contributed by atoms with Crippen LogP contribution in [0.2, 0.25) is 0 Å². The van der Waals surface area contributed by atoms with Crippen molar-refractivity contribution in [1.82, 2.24) is 5.32 Å². The molecule has 0 fully saturated rings. The van der Waals surface area contributed by atoms with Crippen molar-refractivity contribution >= 4 is 17.7 Å². The Labute approximate surface area is 202 Å². The lowest BCUT2D eigenvalue weighted by atomic mass is 9.67. The summed E-state index contributed by atoms with van der Waals surface area (Å²) in [5, 5.41) is 3.17. The molecule has 0 aromatic heterocycles. The van der Waals surface area contributed by atoms with Gasteiger partial charge in [0.2, 0.25) is 0 Å². The van der Waals surface area contributed by atoms with Crippen molar-refractivity contribution in [3.05, 3.63) is 88.0 Å². The number of carbonyl (C=O) groups excluding carboxylic acids is 3. The number of Topliss-reactive ketones (excluding diaryl/α,β-unsaturated/α-hetero) is 1. The highest BCUT2D eigenvalue weighted by Crippen LogP contribution is 2.48.